The molecule has 10 heteroatoms. The van der Waals surface area contributed by atoms with Gasteiger partial charge >= 0.3 is 0 Å². The van der Waals surface area contributed by atoms with E-state index in [0.717, 1.165) is 11.3 Å². The van der Waals surface area contributed by atoms with Gasteiger partial charge in [-0.1, -0.05) is 34.7 Å². The van der Waals surface area contributed by atoms with Gasteiger partial charge in [0, 0.05) is 16.3 Å². The highest BCUT2D eigenvalue weighted by molar-refractivity contribution is 8.01. The van der Waals surface area contributed by atoms with E-state index in [1.807, 2.05) is 0 Å². The number of hydrogen-bond donors (Lipinski definition) is 2. The van der Waals surface area contributed by atoms with E-state index in [1.165, 1.54) is 36.0 Å². The molecular weight excluding hydrogens is 411 g/mol. The van der Waals surface area contributed by atoms with Crippen LogP contribution < -0.4 is 10.6 Å². The number of nitrogens with one attached hydrogen (secondary N) is 2. The van der Waals surface area contributed by atoms with Crippen molar-refractivity contribution < 1.29 is 14.0 Å². The van der Waals surface area contributed by atoms with Crippen LogP contribution in [0.5, 0.6) is 0 Å². The number of thioether (sulfide) groups is 1. The molecule has 2 amide bonds. The minimum Gasteiger partial charge on any atom is -0.325 e. The van der Waals surface area contributed by atoms with E-state index in [9.17, 15) is 14.0 Å². The smallest absolute Gasteiger partial charge is 0.257 e. The van der Waals surface area contributed by atoms with Crippen LogP contribution in [-0.2, 0) is 4.79 Å². The Labute approximate surface area is 167 Å². The Kier molecular flexibility index (Phi) is 6.38. The van der Waals surface area contributed by atoms with Gasteiger partial charge in [-0.15, -0.1) is 10.2 Å². The summed E-state index contributed by atoms with van der Waals surface area (Å²) < 4.78 is 13.4. The third-order valence-electron chi connectivity index (χ3n) is 3.19. The molecule has 0 saturated carbocycles. The largest absolute Gasteiger partial charge is 0.325 e. The van der Waals surface area contributed by atoms with E-state index in [4.69, 9.17) is 11.6 Å². The Hall–Kier alpha value is -2.49. The van der Waals surface area contributed by atoms with E-state index >= 15 is 0 Å². The average Bonchev–Trinajstić information content (AvgIpc) is 3.10. The van der Waals surface area contributed by atoms with Gasteiger partial charge in [-0.3, -0.25) is 14.9 Å². The fourth-order valence-corrected chi connectivity index (χ4v) is 3.62. The number of rotatable bonds is 6. The van der Waals surface area contributed by atoms with Gasteiger partial charge in [0.25, 0.3) is 5.91 Å². The number of aromatic nitrogens is 2. The minimum absolute atomic E-state index is 0.142. The van der Waals surface area contributed by atoms with Gasteiger partial charge in [-0.2, -0.15) is 0 Å². The maximum absolute atomic E-state index is 12.9. The van der Waals surface area contributed by atoms with Crippen LogP contribution in [-0.4, -0.2) is 27.8 Å². The van der Waals surface area contributed by atoms with Crippen molar-refractivity contribution in [1.29, 1.82) is 0 Å². The number of nitrogens with zero attached hydrogens (tertiary/aromatic N) is 2. The molecule has 3 rings (SSSR count). The van der Waals surface area contributed by atoms with Crippen LogP contribution in [0.4, 0.5) is 15.2 Å². The fraction of sp³-hybridized carbons (Fsp3) is 0.0588. The van der Waals surface area contributed by atoms with Gasteiger partial charge in [0.05, 0.1) is 5.75 Å². The molecular formula is C17H12ClFN4O2S2. The minimum atomic E-state index is -0.418. The number of halogens is 2. The summed E-state index contributed by atoms with van der Waals surface area (Å²) in [6.45, 7) is 0. The third-order valence-corrected chi connectivity index (χ3v) is 5.41. The van der Waals surface area contributed by atoms with Crippen molar-refractivity contribution in [3.05, 3.63) is 64.9 Å². The molecule has 0 aliphatic heterocycles. The van der Waals surface area contributed by atoms with Crippen molar-refractivity contribution in [2.45, 2.75) is 4.34 Å². The average molecular weight is 423 g/mol. The van der Waals surface area contributed by atoms with Crippen molar-refractivity contribution in [2.75, 3.05) is 16.4 Å². The fourth-order valence-electron chi connectivity index (χ4n) is 1.95. The van der Waals surface area contributed by atoms with Gasteiger partial charge in [-0.05, 0) is 48.5 Å². The van der Waals surface area contributed by atoms with E-state index in [-0.39, 0.29) is 11.7 Å². The molecule has 0 radical (unpaired) electrons. The highest BCUT2D eigenvalue weighted by Crippen LogP contribution is 2.26. The zero-order valence-corrected chi connectivity index (χ0v) is 16.0. The first-order valence-electron chi connectivity index (χ1n) is 7.58. The summed E-state index contributed by atoms with van der Waals surface area (Å²) >= 11 is 8.15. The van der Waals surface area contributed by atoms with Crippen molar-refractivity contribution in [3.63, 3.8) is 0 Å². The number of carbonyl (C=O) groups excluding carboxylic acids is 2. The molecule has 0 aliphatic carbocycles. The lowest BCUT2D eigenvalue weighted by atomic mass is 10.2. The van der Waals surface area contributed by atoms with E-state index in [2.05, 4.69) is 20.8 Å². The number of amides is 2. The van der Waals surface area contributed by atoms with Gasteiger partial charge < -0.3 is 5.32 Å². The Morgan fingerprint density at radius 2 is 1.74 bits per heavy atom. The topological polar surface area (TPSA) is 84.0 Å². The summed E-state index contributed by atoms with van der Waals surface area (Å²) in [4.78, 5) is 24.0. The molecule has 0 aliphatic rings. The highest BCUT2D eigenvalue weighted by atomic mass is 35.5. The molecule has 0 bridgehead atoms. The van der Waals surface area contributed by atoms with Gasteiger partial charge in [0.2, 0.25) is 11.0 Å². The summed E-state index contributed by atoms with van der Waals surface area (Å²) in [6, 6.07) is 11.9. The van der Waals surface area contributed by atoms with Crippen molar-refractivity contribution in [2.24, 2.45) is 0 Å². The van der Waals surface area contributed by atoms with Gasteiger partial charge in [-0.25, -0.2) is 4.39 Å². The number of anilines is 2. The van der Waals surface area contributed by atoms with Crippen LogP contribution in [0.2, 0.25) is 5.02 Å². The van der Waals surface area contributed by atoms with Crippen LogP contribution in [0.1, 0.15) is 10.4 Å². The first-order valence-corrected chi connectivity index (χ1v) is 9.76. The molecule has 1 aromatic heterocycles. The predicted octanol–water partition coefficient (Wildman–Crippen LogP) is 4.31. The van der Waals surface area contributed by atoms with Crippen LogP contribution in [0.15, 0.2) is 52.9 Å². The Morgan fingerprint density at radius 3 is 2.44 bits per heavy atom. The molecule has 1 heterocycles. The lowest BCUT2D eigenvalue weighted by Gasteiger charge is -2.03. The van der Waals surface area contributed by atoms with Crippen LogP contribution in [0, 0.1) is 5.82 Å². The highest BCUT2D eigenvalue weighted by Gasteiger charge is 2.12. The van der Waals surface area contributed by atoms with Crippen molar-refractivity contribution in [3.8, 4) is 0 Å². The SMILES string of the molecule is O=C(CSc1nnc(NC(=O)c2ccc(F)cc2)s1)Nc1ccc(Cl)cc1. The van der Waals surface area contributed by atoms with E-state index in [1.54, 1.807) is 24.3 Å². The lowest BCUT2D eigenvalue weighted by molar-refractivity contribution is -0.113. The molecule has 138 valence electrons. The molecule has 0 saturated heterocycles. The molecule has 0 fully saturated rings. The molecule has 0 unspecified atom stereocenters. The molecule has 27 heavy (non-hydrogen) atoms. The van der Waals surface area contributed by atoms with E-state index < -0.39 is 11.7 Å². The second kappa shape index (κ2) is 8.94. The molecule has 6 nitrogen and oxygen atoms in total. The standard InChI is InChI=1S/C17H12ClFN4O2S2/c18-11-3-7-13(8-4-11)20-14(24)9-26-17-23-22-16(27-17)21-15(25)10-1-5-12(19)6-2-10/h1-8H,9H2,(H,20,24)(H,21,22,25). The number of carbonyl (C=O) groups is 2. The van der Waals surface area contributed by atoms with Crippen LogP contribution >= 0.6 is 34.7 Å². The zero-order chi connectivity index (χ0) is 19.2. The zero-order valence-electron chi connectivity index (χ0n) is 13.6. The van der Waals surface area contributed by atoms with Crippen LogP contribution in [0.25, 0.3) is 0 Å². The third kappa shape index (κ3) is 5.75. The molecule has 0 atom stereocenters. The molecule has 3 aromatic rings. The summed E-state index contributed by atoms with van der Waals surface area (Å²) in [5.74, 6) is -0.890. The quantitative estimate of drug-likeness (QED) is 0.456. The first kappa shape index (κ1) is 19.3. The summed E-state index contributed by atoms with van der Waals surface area (Å²) in [5.41, 5.74) is 0.956. The van der Waals surface area contributed by atoms with Crippen LogP contribution in [0.3, 0.4) is 0 Å². The monoisotopic (exact) mass is 422 g/mol. The van der Waals surface area contributed by atoms with Gasteiger partial charge in [0.1, 0.15) is 5.82 Å². The second-order valence-electron chi connectivity index (χ2n) is 5.18. The van der Waals surface area contributed by atoms with Crippen molar-refractivity contribution >= 4 is 57.3 Å². The lowest BCUT2D eigenvalue weighted by Crippen LogP contribution is -2.13. The number of hydrogen-bond acceptors (Lipinski definition) is 6. The maximum Gasteiger partial charge on any atom is 0.257 e. The maximum atomic E-state index is 12.9. The molecule has 0 spiro atoms. The van der Waals surface area contributed by atoms with Gasteiger partial charge in [0.15, 0.2) is 4.34 Å². The predicted molar refractivity (Wildman–Crippen MR) is 105 cm³/mol. The second-order valence-corrected chi connectivity index (χ2v) is 7.81. The number of benzene rings is 2. The Bertz CT molecular complexity index is 948. The Balaban J connectivity index is 1.50. The van der Waals surface area contributed by atoms with Crippen molar-refractivity contribution in [1.82, 2.24) is 10.2 Å². The molecule has 2 N–H and O–H groups in total. The first-order chi connectivity index (χ1) is 13.0. The summed E-state index contributed by atoms with van der Waals surface area (Å²) in [6.07, 6.45) is 0. The normalized spacial score (nSPS) is 10.4. The Morgan fingerprint density at radius 1 is 1.04 bits per heavy atom. The molecule has 2 aromatic carbocycles. The summed E-state index contributed by atoms with van der Waals surface area (Å²) in [7, 11) is 0. The summed E-state index contributed by atoms with van der Waals surface area (Å²) in [5, 5.41) is 14.0. The van der Waals surface area contributed by atoms with E-state index in [0.29, 0.717) is 25.7 Å².